The molecule has 0 saturated carbocycles. The van der Waals surface area contributed by atoms with Crippen molar-refractivity contribution >= 4 is 5.91 Å². The molecule has 0 aromatic carbocycles. The molecule has 1 heterocycles. The highest BCUT2D eigenvalue weighted by Crippen LogP contribution is 2.04. The number of ether oxygens (including phenoxy) is 1. The number of carbonyl (C=O) groups excluding carboxylic acids is 1. The van der Waals surface area contributed by atoms with Crippen molar-refractivity contribution in [3.63, 3.8) is 0 Å². The molecule has 1 rings (SSSR count). The smallest absolute Gasteiger partial charge is 0.245 e. The lowest BCUT2D eigenvalue weighted by Gasteiger charge is -2.09. The van der Waals surface area contributed by atoms with Crippen molar-refractivity contribution in [1.82, 2.24) is 10.6 Å². The summed E-state index contributed by atoms with van der Waals surface area (Å²) in [5, 5.41) is 5.80. The number of nitrogens with one attached hydrogen (secondary N) is 2. The van der Waals surface area contributed by atoms with Crippen LogP contribution in [0.4, 0.5) is 0 Å². The van der Waals surface area contributed by atoms with Gasteiger partial charge in [-0.15, -0.1) is 0 Å². The van der Waals surface area contributed by atoms with Gasteiger partial charge in [0.25, 0.3) is 0 Å². The minimum Gasteiger partial charge on any atom is -0.370 e. The van der Waals surface area contributed by atoms with Crippen LogP contribution >= 0.6 is 0 Å². The van der Waals surface area contributed by atoms with Gasteiger partial charge >= 0.3 is 0 Å². The Balaban J connectivity index is 1.97. The number of rotatable bonds is 4. The highest BCUT2D eigenvalue weighted by molar-refractivity contribution is 5.76. The average molecular weight is 172 g/mol. The summed E-state index contributed by atoms with van der Waals surface area (Å²) in [6, 6.07) is 0.453. The van der Waals surface area contributed by atoms with E-state index in [9.17, 15) is 4.79 Å². The Labute approximate surface area is 72.7 Å². The molecule has 1 saturated heterocycles. The Kier molecular flexibility index (Phi) is 4.04. The van der Waals surface area contributed by atoms with Crippen molar-refractivity contribution in [3.8, 4) is 0 Å². The van der Waals surface area contributed by atoms with Gasteiger partial charge in [0.2, 0.25) is 5.91 Å². The lowest BCUT2D eigenvalue weighted by molar-refractivity contribution is -0.125. The zero-order valence-corrected chi connectivity index (χ0v) is 7.43. The van der Waals surface area contributed by atoms with E-state index in [1.807, 2.05) is 0 Å². The van der Waals surface area contributed by atoms with Gasteiger partial charge in [-0.3, -0.25) is 4.79 Å². The van der Waals surface area contributed by atoms with Crippen molar-refractivity contribution in [2.24, 2.45) is 0 Å². The van der Waals surface area contributed by atoms with Crippen molar-refractivity contribution in [2.75, 3.05) is 26.8 Å². The lowest BCUT2D eigenvalue weighted by atomic mass is 10.2. The minimum absolute atomic E-state index is 0.0620. The maximum atomic E-state index is 10.7. The fourth-order valence-corrected chi connectivity index (χ4v) is 1.27. The molecule has 1 unspecified atom stereocenters. The molecule has 1 aliphatic heterocycles. The maximum Gasteiger partial charge on any atom is 0.245 e. The first-order chi connectivity index (χ1) is 5.83. The van der Waals surface area contributed by atoms with E-state index in [0.717, 1.165) is 13.0 Å². The first-order valence-corrected chi connectivity index (χ1v) is 4.34. The van der Waals surface area contributed by atoms with Crippen LogP contribution < -0.4 is 10.6 Å². The third kappa shape index (κ3) is 3.19. The van der Waals surface area contributed by atoms with Gasteiger partial charge in [0, 0.05) is 13.1 Å². The maximum absolute atomic E-state index is 10.7. The second kappa shape index (κ2) is 5.11. The van der Waals surface area contributed by atoms with Crippen LogP contribution in [0.15, 0.2) is 0 Å². The van der Waals surface area contributed by atoms with Gasteiger partial charge in [0.05, 0.1) is 6.61 Å². The largest absolute Gasteiger partial charge is 0.370 e. The number of likely N-dealkylation sites (N-methyl/N-ethyl adjacent to an activating group) is 1. The topological polar surface area (TPSA) is 50.4 Å². The zero-order chi connectivity index (χ0) is 8.81. The summed E-state index contributed by atoms with van der Waals surface area (Å²) in [7, 11) is 1.61. The van der Waals surface area contributed by atoms with Crippen molar-refractivity contribution in [3.05, 3.63) is 0 Å². The van der Waals surface area contributed by atoms with Crippen LogP contribution in [0, 0.1) is 0 Å². The number of hydrogen-bond acceptors (Lipinski definition) is 3. The molecule has 0 spiro atoms. The molecule has 0 aromatic rings. The molecule has 0 aromatic heterocycles. The molecule has 0 bridgehead atoms. The first-order valence-electron chi connectivity index (χ1n) is 4.34. The molecule has 1 atom stereocenters. The predicted octanol–water partition coefficient (Wildman–Crippen LogP) is -0.499. The van der Waals surface area contributed by atoms with Crippen molar-refractivity contribution < 1.29 is 9.53 Å². The van der Waals surface area contributed by atoms with E-state index in [1.165, 1.54) is 6.42 Å². The molecule has 0 radical (unpaired) electrons. The molecule has 2 N–H and O–H groups in total. The first kappa shape index (κ1) is 9.48. The predicted molar refractivity (Wildman–Crippen MR) is 45.9 cm³/mol. The van der Waals surface area contributed by atoms with E-state index in [0.29, 0.717) is 12.6 Å². The molecule has 0 aliphatic carbocycles. The summed E-state index contributed by atoms with van der Waals surface area (Å²) in [4.78, 5) is 10.7. The van der Waals surface area contributed by atoms with E-state index in [4.69, 9.17) is 4.74 Å². The van der Waals surface area contributed by atoms with Crippen LogP contribution in [0.3, 0.4) is 0 Å². The fraction of sp³-hybridized carbons (Fsp3) is 0.875. The quantitative estimate of drug-likeness (QED) is 0.601. The second-order valence-corrected chi connectivity index (χ2v) is 2.98. The lowest BCUT2D eigenvalue weighted by Crippen LogP contribution is -2.30. The molecule has 70 valence electrons. The van der Waals surface area contributed by atoms with Gasteiger partial charge in [-0.2, -0.15) is 0 Å². The van der Waals surface area contributed by atoms with Gasteiger partial charge in [-0.05, 0) is 19.4 Å². The fourth-order valence-electron chi connectivity index (χ4n) is 1.27. The SMILES string of the molecule is CNC(=O)COCC1CCCN1. The van der Waals surface area contributed by atoms with Crippen molar-refractivity contribution in [2.45, 2.75) is 18.9 Å². The second-order valence-electron chi connectivity index (χ2n) is 2.98. The van der Waals surface area contributed by atoms with E-state index < -0.39 is 0 Å². The highest BCUT2D eigenvalue weighted by atomic mass is 16.5. The van der Waals surface area contributed by atoms with Gasteiger partial charge in [0.1, 0.15) is 6.61 Å². The van der Waals surface area contributed by atoms with Crippen LogP contribution in [-0.4, -0.2) is 38.8 Å². The molecule has 1 amide bonds. The molecular formula is C8H16N2O2. The summed E-state index contributed by atoms with van der Waals surface area (Å²) in [6.07, 6.45) is 2.38. The van der Waals surface area contributed by atoms with Crippen LogP contribution in [0.1, 0.15) is 12.8 Å². The van der Waals surface area contributed by atoms with E-state index >= 15 is 0 Å². The van der Waals surface area contributed by atoms with Crippen molar-refractivity contribution in [1.29, 1.82) is 0 Å². The van der Waals surface area contributed by atoms with Gasteiger partial charge < -0.3 is 15.4 Å². The number of hydrogen-bond donors (Lipinski definition) is 2. The van der Waals surface area contributed by atoms with E-state index in [-0.39, 0.29) is 12.5 Å². The third-order valence-electron chi connectivity index (χ3n) is 1.99. The molecule has 4 heteroatoms. The Hall–Kier alpha value is -0.610. The van der Waals surface area contributed by atoms with Crippen LogP contribution in [0.5, 0.6) is 0 Å². The third-order valence-corrected chi connectivity index (χ3v) is 1.99. The average Bonchev–Trinajstić information content (AvgIpc) is 2.57. The zero-order valence-electron chi connectivity index (χ0n) is 7.43. The Morgan fingerprint density at radius 1 is 1.75 bits per heavy atom. The molecular weight excluding hydrogens is 156 g/mol. The summed E-state index contributed by atoms with van der Waals surface area (Å²) >= 11 is 0. The molecule has 1 fully saturated rings. The summed E-state index contributed by atoms with van der Waals surface area (Å²) < 4.78 is 5.20. The van der Waals surface area contributed by atoms with Gasteiger partial charge in [-0.1, -0.05) is 0 Å². The monoisotopic (exact) mass is 172 g/mol. The minimum atomic E-state index is -0.0620. The number of amides is 1. The summed E-state index contributed by atoms with van der Waals surface area (Å²) in [6.45, 7) is 1.90. The van der Waals surface area contributed by atoms with Crippen LogP contribution in [0.25, 0.3) is 0 Å². The van der Waals surface area contributed by atoms with E-state index in [2.05, 4.69) is 10.6 Å². The van der Waals surface area contributed by atoms with Crippen LogP contribution in [-0.2, 0) is 9.53 Å². The van der Waals surface area contributed by atoms with Gasteiger partial charge in [-0.25, -0.2) is 0 Å². The Morgan fingerprint density at radius 2 is 2.58 bits per heavy atom. The summed E-state index contributed by atoms with van der Waals surface area (Å²) in [5.41, 5.74) is 0. The molecule has 1 aliphatic rings. The normalized spacial score (nSPS) is 22.6. The molecule has 12 heavy (non-hydrogen) atoms. The standard InChI is InChI=1S/C8H16N2O2/c1-9-8(11)6-12-5-7-3-2-4-10-7/h7,10H,2-6H2,1H3,(H,9,11). The molecule has 4 nitrogen and oxygen atoms in total. The Morgan fingerprint density at radius 3 is 3.17 bits per heavy atom. The Bertz CT molecular complexity index is 144. The summed E-state index contributed by atoms with van der Waals surface area (Å²) in [5.74, 6) is -0.0620. The van der Waals surface area contributed by atoms with E-state index in [1.54, 1.807) is 7.05 Å². The number of carbonyl (C=O) groups is 1. The van der Waals surface area contributed by atoms with Gasteiger partial charge in [0.15, 0.2) is 0 Å². The van der Waals surface area contributed by atoms with Crippen LogP contribution in [0.2, 0.25) is 0 Å². The highest BCUT2D eigenvalue weighted by Gasteiger charge is 2.13.